The summed E-state index contributed by atoms with van der Waals surface area (Å²) in [5.41, 5.74) is 0.476. The van der Waals surface area contributed by atoms with Gasteiger partial charge in [0.2, 0.25) is 0 Å². The van der Waals surface area contributed by atoms with Crippen LogP contribution in [-0.4, -0.2) is 34.6 Å². The van der Waals surface area contributed by atoms with Gasteiger partial charge in [0, 0.05) is 24.2 Å². The third kappa shape index (κ3) is 3.43. The minimum atomic E-state index is -0.398. The number of nitro benzene ring substituents is 1. The van der Waals surface area contributed by atoms with Crippen LogP contribution in [0.4, 0.5) is 5.69 Å². The van der Waals surface area contributed by atoms with Crippen LogP contribution in [0.15, 0.2) is 23.1 Å². The van der Waals surface area contributed by atoms with Crippen LogP contribution in [0.2, 0.25) is 0 Å². The molecule has 0 radical (unpaired) electrons. The molecule has 2 aliphatic rings. The summed E-state index contributed by atoms with van der Waals surface area (Å²) in [7, 11) is 0. The Kier molecular flexibility index (Phi) is 5.43. The zero-order valence-corrected chi connectivity index (χ0v) is 14.9. The average Bonchev–Trinajstić information content (AvgIpc) is 3.11. The largest absolute Gasteiger partial charge is 0.335 e. The van der Waals surface area contributed by atoms with Gasteiger partial charge in [-0.3, -0.25) is 14.9 Å². The van der Waals surface area contributed by atoms with Crippen molar-refractivity contribution in [2.75, 3.05) is 12.8 Å². The molecule has 0 N–H and O–H groups in total. The van der Waals surface area contributed by atoms with E-state index in [2.05, 4.69) is 0 Å². The number of nitro groups is 1. The Labute approximate surface area is 146 Å². The summed E-state index contributed by atoms with van der Waals surface area (Å²) in [5.74, 6) is 0.560. The summed E-state index contributed by atoms with van der Waals surface area (Å²) in [4.78, 5) is 26.4. The number of thioether (sulfide) groups is 1. The van der Waals surface area contributed by atoms with E-state index in [0.29, 0.717) is 22.4 Å². The quantitative estimate of drug-likeness (QED) is 0.456. The summed E-state index contributed by atoms with van der Waals surface area (Å²) in [6.45, 7) is 0.776. The van der Waals surface area contributed by atoms with Gasteiger partial charge in [-0.1, -0.05) is 19.3 Å². The molecule has 1 aliphatic heterocycles. The highest BCUT2D eigenvalue weighted by atomic mass is 32.2. The topological polar surface area (TPSA) is 63.5 Å². The third-order valence-electron chi connectivity index (χ3n) is 5.38. The molecule has 1 saturated carbocycles. The highest BCUT2D eigenvalue weighted by Crippen LogP contribution is 2.36. The SMILES string of the molecule is CSc1ccc(C(=O)N2CCCC2C2CCCCC2)cc1[N+](=O)[O-]. The van der Waals surface area contributed by atoms with Crippen molar-refractivity contribution in [3.8, 4) is 0 Å². The molecule has 1 unspecified atom stereocenters. The van der Waals surface area contributed by atoms with Gasteiger partial charge in [-0.15, -0.1) is 11.8 Å². The van der Waals surface area contributed by atoms with Crippen molar-refractivity contribution in [3.05, 3.63) is 33.9 Å². The number of likely N-dealkylation sites (tertiary alicyclic amines) is 1. The summed E-state index contributed by atoms with van der Waals surface area (Å²) in [6, 6.07) is 5.20. The first-order valence-corrected chi connectivity index (χ1v) is 9.97. The minimum Gasteiger partial charge on any atom is -0.335 e. The molecule has 1 aliphatic carbocycles. The van der Waals surface area contributed by atoms with E-state index in [1.165, 1.54) is 49.9 Å². The van der Waals surface area contributed by atoms with Crippen LogP contribution < -0.4 is 0 Å². The van der Waals surface area contributed by atoms with E-state index < -0.39 is 4.92 Å². The lowest BCUT2D eigenvalue weighted by Gasteiger charge is -2.34. The molecule has 0 bridgehead atoms. The van der Waals surface area contributed by atoms with Crippen molar-refractivity contribution in [1.82, 2.24) is 4.90 Å². The van der Waals surface area contributed by atoms with Crippen LogP contribution in [0.1, 0.15) is 55.3 Å². The maximum atomic E-state index is 13.0. The molecule has 1 atom stereocenters. The van der Waals surface area contributed by atoms with Crippen molar-refractivity contribution in [2.24, 2.45) is 5.92 Å². The molecule has 24 heavy (non-hydrogen) atoms. The normalized spacial score (nSPS) is 21.9. The number of hydrogen-bond donors (Lipinski definition) is 0. The summed E-state index contributed by atoms with van der Waals surface area (Å²) in [6.07, 6.45) is 10.2. The number of benzene rings is 1. The van der Waals surface area contributed by atoms with Crippen molar-refractivity contribution in [1.29, 1.82) is 0 Å². The summed E-state index contributed by atoms with van der Waals surface area (Å²) < 4.78 is 0. The van der Waals surface area contributed by atoms with Gasteiger partial charge in [0.15, 0.2) is 0 Å². The average molecular weight is 348 g/mol. The molecule has 1 heterocycles. The molecule has 2 fully saturated rings. The molecule has 130 valence electrons. The van der Waals surface area contributed by atoms with Crippen molar-refractivity contribution in [3.63, 3.8) is 0 Å². The fraction of sp³-hybridized carbons (Fsp3) is 0.611. The number of carbonyl (C=O) groups excluding carboxylic acids is 1. The molecular weight excluding hydrogens is 324 g/mol. The van der Waals surface area contributed by atoms with Gasteiger partial charge in [-0.05, 0) is 50.0 Å². The van der Waals surface area contributed by atoms with Crippen LogP contribution in [0.25, 0.3) is 0 Å². The lowest BCUT2D eigenvalue weighted by Crippen LogP contribution is -2.40. The van der Waals surface area contributed by atoms with Crippen LogP contribution in [0.3, 0.4) is 0 Å². The van der Waals surface area contributed by atoms with Crippen molar-refractivity contribution < 1.29 is 9.72 Å². The first kappa shape index (κ1) is 17.3. The van der Waals surface area contributed by atoms with E-state index in [0.717, 1.165) is 19.4 Å². The second-order valence-corrected chi connectivity index (χ2v) is 7.60. The predicted octanol–water partition coefficient (Wildman–Crippen LogP) is 4.50. The highest BCUT2D eigenvalue weighted by molar-refractivity contribution is 7.98. The Morgan fingerprint density at radius 1 is 1.21 bits per heavy atom. The lowest BCUT2D eigenvalue weighted by molar-refractivity contribution is -0.387. The van der Waals surface area contributed by atoms with Gasteiger partial charge in [0.1, 0.15) is 0 Å². The number of nitrogens with zero attached hydrogens (tertiary/aromatic N) is 2. The number of rotatable bonds is 4. The third-order valence-corrected chi connectivity index (χ3v) is 6.16. The number of carbonyl (C=O) groups is 1. The first-order chi connectivity index (χ1) is 11.6. The Morgan fingerprint density at radius 3 is 2.62 bits per heavy atom. The summed E-state index contributed by atoms with van der Waals surface area (Å²) >= 11 is 1.33. The van der Waals surface area contributed by atoms with Crippen LogP contribution >= 0.6 is 11.8 Å². The van der Waals surface area contributed by atoms with Crippen molar-refractivity contribution >= 4 is 23.4 Å². The maximum absolute atomic E-state index is 13.0. The molecule has 1 amide bonds. The zero-order valence-electron chi connectivity index (χ0n) is 14.1. The standard InChI is InChI=1S/C18H24N2O3S/c1-24-17-10-9-14(12-16(17)20(22)23)18(21)19-11-5-8-15(19)13-6-3-2-4-7-13/h9-10,12-13,15H,2-8,11H2,1H3. The Morgan fingerprint density at radius 2 is 1.96 bits per heavy atom. The molecule has 1 saturated heterocycles. The Balaban J connectivity index is 1.82. The number of amides is 1. The number of hydrogen-bond acceptors (Lipinski definition) is 4. The van der Waals surface area contributed by atoms with Gasteiger partial charge < -0.3 is 4.90 Å². The molecule has 1 aromatic carbocycles. The minimum absolute atomic E-state index is 0.0294. The van der Waals surface area contributed by atoms with Gasteiger partial charge in [0.05, 0.1) is 9.82 Å². The molecule has 3 rings (SSSR count). The smallest absolute Gasteiger partial charge is 0.283 e. The fourth-order valence-corrected chi connectivity index (χ4v) is 4.73. The van der Waals surface area contributed by atoms with E-state index in [-0.39, 0.29) is 11.6 Å². The van der Waals surface area contributed by atoms with Gasteiger partial charge in [-0.25, -0.2) is 0 Å². The molecule has 5 nitrogen and oxygen atoms in total. The maximum Gasteiger partial charge on any atom is 0.283 e. The van der Waals surface area contributed by atoms with E-state index >= 15 is 0 Å². The molecular formula is C18H24N2O3S. The highest BCUT2D eigenvalue weighted by Gasteiger charge is 2.35. The first-order valence-electron chi connectivity index (χ1n) is 8.75. The monoisotopic (exact) mass is 348 g/mol. The van der Waals surface area contributed by atoms with E-state index in [1.807, 2.05) is 11.2 Å². The molecule has 6 heteroatoms. The van der Waals surface area contributed by atoms with E-state index in [1.54, 1.807) is 12.1 Å². The second-order valence-electron chi connectivity index (χ2n) is 6.75. The zero-order chi connectivity index (χ0) is 17.1. The Bertz CT molecular complexity index is 629. The molecule has 1 aromatic rings. The lowest BCUT2D eigenvalue weighted by atomic mass is 9.83. The fourth-order valence-electron chi connectivity index (χ4n) is 4.19. The van der Waals surface area contributed by atoms with E-state index in [9.17, 15) is 14.9 Å². The van der Waals surface area contributed by atoms with Crippen LogP contribution in [0.5, 0.6) is 0 Å². The van der Waals surface area contributed by atoms with Gasteiger partial charge >= 0.3 is 0 Å². The summed E-state index contributed by atoms with van der Waals surface area (Å²) in [5, 5.41) is 11.3. The van der Waals surface area contributed by atoms with Crippen LogP contribution in [0, 0.1) is 16.0 Å². The van der Waals surface area contributed by atoms with Gasteiger partial charge in [0.25, 0.3) is 11.6 Å². The molecule has 0 aromatic heterocycles. The second kappa shape index (κ2) is 7.55. The van der Waals surface area contributed by atoms with Crippen LogP contribution in [-0.2, 0) is 0 Å². The molecule has 0 spiro atoms. The Hall–Kier alpha value is -1.56. The van der Waals surface area contributed by atoms with Crippen molar-refractivity contribution in [2.45, 2.75) is 55.9 Å². The van der Waals surface area contributed by atoms with Gasteiger partial charge in [-0.2, -0.15) is 0 Å². The predicted molar refractivity (Wildman–Crippen MR) is 95.5 cm³/mol. The van der Waals surface area contributed by atoms with E-state index in [4.69, 9.17) is 0 Å².